The van der Waals surface area contributed by atoms with E-state index >= 15 is 0 Å². The van der Waals surface area contributed by atoms with Crippen LogP contribution in [0.2, 0.25) is 5.02 Å². The number of aryl methyl sites for hydroxylation is 1. The molecule has 1 atom stereocenters. The zero-order chi connectivity index (χ0) is 22.2. The minimum Gasteiger partial charge on any atom is -0.345 e. The van der Waals surface area contributed by atoms with E-state index in [0.29, 0.717) is 22.0 Å². The molecule has 0 spiro atoms. The smallest absolute Gasteiger partial charge is 0.262 e. The number of amides is 3. The van der Waals surface area contributed by atoms with Crippen LogP contribution in [-0.4, -0.2) is 30.3 Å². The van der Waals surface area contributed by atoms with E-state index in [-0.39, 0.29) is 12.5 Å². The van der Waals surface area contributed by atoms with E-state index in [0.717, 1.165) is 11.1 Å². The maximum Gasteiger partial charge on any atom is 0.262 e. The second kappa shape index (κ2) is 10.7. The minimum atomic E-state index is -0.826. The van der Waals surface area contributed by atoms with Gasteiger partial charge in [0.15, 0.2) is 0 Å². The summed E-state index contributed by atoms with van der Waals surface area (Å²) in [5.41, 5.74) is 2.34. The third-order valence-electron chi connectivity index (χ3n) is 4.47. The molecule has 160 valence electrons. The Morgan fingerprint density at radius 2 is 1.81 bits per heavy atom. The van der Waals surface area contributed by atoms with Crippen molar-refractivity contribution in [2.45, 2.75) is 19.4 Å². The summed E-state index contributed by atoms with van der Waals surface area (Å²) in [5.74, 6) is -1.19. The monoisotopic (exact) mass is 455 g/mol. The van der Waals surface area contributed by atoms with Crippen LogP contribution < -0.4 is 16.0 Å². The Labute approximate surface area is 189 Å². The molecule has 3 aromatic rings. The highest BCUT2D eigenvalue weighted by molar-refractivity contribution is 7.12. The van der Waals surface area contributed by atoms with Gasteiger partial charge in [0.1, 0.15) is 6.04 Å². The summed E-state index contributed by atoms with van der Waals surface area (Å²) in [5, 5.41) is 10.3. The van der Waals surface area contributed by atoms with Crippen molar-refractivity contribution < 1.29 is 14.4 Å². The highest BCUT2D eigenvalue weighted by Gasteiger charge is 2.23. The zero-order valence-electron chi connectivity index (χ0n) is 16.9. The van der Waals surface area contributed by atoms with Gasteiger partial charge in [-0.3, -0.25) is 14.4 Å². The fourth-order valence-corrected chi connectivity index (χ4v) is 3.81. The topological polar surface area (TPSA) is 87.3 Å². The van der Waals surface area contributed by atoms with E-state index in [1.54, 1.807) is 29.6 Å². The lowest BCUT2D eigenvalue weighted by Gasteiger charge is -2.18. The van der Waals surface area contributed by atoms with E-state index in [4.69, 9.17) is 11.6 Å². The van der Waals surface area contributed by atoms with Crippen LogP contribution in [0.4, 0.5) is 5.69 Å². The predicted molar refractivity (Wildman–Crippen MR) is 124 cm³/mol. The zero-order valence-corrected chi connectivity index (χ0v) is 18.4. The Morgan fingerprint density at radius 3 is 2.48 bits per heavy atom. The second-order valence-electron chi connectivity index (χ2n) is 6.94. The van der Waals surface area contributed by atoms with Crippen LogP contribution in [0.15, 0.2) is 66.0 Å². The van der Waals surface area contributed by atoms with Crippen LogP contribution in [0, 0.1) is 6.92 Å². The summed E-state index contributed by atoms with van der Waals surface area (Å²) in [7, 11) is 0. The van der Waals surface area contributed by atoms with Crippen LogP contribution in [0.5, 0.6) is 0 Å². The average molecular weight is 456 g/mol. The first-order chi connectivity index (χ1) is 14.9. The quantitative estimate of drug-likeness (QED) is 0.482. The third-order valence-corrected chi connectivity index (χ3v) is 5.65. The molecule has 0 aliphatic rings. The fraction of sp³-hybridized carbons (Fsp3) is 0.174. The number of carbonyl (C=O) groups is 3. The Kier molecular flexibility index (Phi) is 7.81. The molecule has 3 N–H and O–H groups in total. The molecule has 31 heavy (non-hydrogen) atoms. The van der Waals surface area contributed by atoms with Gasteiger partial charge in [-0.05, 0) is 41.6 Å². The van der Waals surface area contributed by atoms with Crippen LogP contribution in [0.1, 0.15) is 20.8 Å². The van der Waals surface area contributed by atoms with E-state index in [9.17, 15) is 14.4 Å². The first kappa shape index (κ1) is 22.5. The van der Waals surface area contributed by atoms with Gasteiger partial charge < -0.3 is 16.0 Å². The van der Waals surface area contributed by atoms with Gasteiger partial charge in [0, 0.05) is 6.42 Å². The first-order valence-electron chi connectivity index (χ1n) is 9.64. The van der Waals surface area contributed by atoms with E-state index < -0.39 is 17.9 Å². The lowest BCUT2D eigenvalue weighted by molar-refractivity contribution is -0.125. The number of rotatable bonds is 8. The standard InChI is InChI=1S/C23H22ClN3O3S/c1-15-9-10-18(17(24)12-15)26-21(28)14-25-22(29)19(13-16-6-3-2-4-7-16)27-23(30)20-8-5-11-31-20/h2-12,19H,13-14H2,1H3,(H,25,29)(H,26,28)(H,27,30). The van der Waals surface area contributed by atoms with Crippen LogP contribution in [0.25, 0.3) is 0 Å². The molecule has 0 saturated carbocycles. The number of benzene rings is 2. The Bertz CT molecular complexity index is 1060. The summed E-state index contributed by atoms with van der Waals surface area (Å²) in [6.45, 7) is 1.65. The van der Waals surface area contributed by atoms with E-state index in [1.165, 1.54) is 11.3 Å². The van der Waals surface area contributed by atoms with Crippen molar-refractivity contribution in [2.75, 3.05) is 11.9 Å². The Balaban J connectivity index is 1.62. The Morgan fingerprint density at radius 1 is 1.03 bits per heavy atom. The van der Waals surface area contributed by atoms with Crippen molar-refractivity contribution in [3.8, 4) is 0 Å². The molecule has 1 heterocycles. The van der Waals surface area contributed by atoms with Crippen molar-refractivity contribution in [1.82, 2.24) is 10.6 Å². The number of hydrogen-bond acceptors (Lipinski definition) is 4. The molecule has 0 radical (unpaired) electrons. The van der Waals surface area contributed by atoms with Crippen molar-refractivity contribution >= 4 is 46.3 Å². The summed E-state index contributed by atoms with van der Waals surface area (Å²) in [6.07, 6.45) is 0.301. The highest BCUT2D eigenvalue weighted by atomic mass is 35.5. The van der Waals surface area contributed by atoms with Crippen molar-refractivity contribution in [1.29, 1.82) is 0 Å². The number of halogens is 1. The second-order valence-corrected chi connectivity index (χ2v) is 8.30. The van der Waals surface area contributed by atoms with Gasteiger partial charge in [0.05, 0.1) is 22.1 Å². The number of thiophene rings is 1. The molecule has 1 unspecified atom stereocenters. The van der Waals surface area contributed by atoms with Gasteiger partial charge >= 0.3 is 0 Å². The van der Waals surface area contributed by atoms with Gasteiger partial charge in [-0.2, -0.15) is 0 Å². The lowest BCUT2D eigenvalue weighted by Crippen LogP contribution is -2.49. The summed E-state index contributed by atoms with van der Waals surface area (Å²) in [4.78, 5) is 38.1. The maximum absolute atomic E-state index is 12.8. The number of nitrogens with one attached hydrogen (secondary N) is 3. The number of carbonyl (C=O) groups excluding carboxylic acids is 3. The van der Waals surface area contributed by atoms with Gasteiger partial charge in [-0.15, -0.1) is 11.3 Å². The van der Waals surface area contributed by atoms with Crippen LogP contribution in [0.3, 0.4) is 0 Å². The molecule has 3 amide bonds. The summed E-state index contributed by atoms with van der Waals surface area (Å²) >= 11 is 7.43. The number of anilines is 1. The van der Waals surface area contributed by atoms with Crippen LogP contribution >= 0.6 is 22.9 Å². The number of hydrogen-bond donors (Lipinski definition) is 3. The van der Waals surface area contributed by atoms with Gasteiger partial charge in [-0.1, -0.05) is 54.1 Å². The summed E-state index contributed by atoms with van der Waals surface area (Å²) in [6, 6.07) is 17.3. The van der Waals surface area contributed by atoms with Gasteiger partial charge in [0.25, 0.3) is 5.91 Å². The predicted octanol–water partition coefficient (Wildman–Crippen LogP) is 3.81. The first-order valence-corrected chi connectivity index (χ1v) is 10.9. The molecule has 0 aliphatic heterocycles. The SMILES string of the molecule is Cc1ccc(NC(=O)CNC(=O)C(Cc2ccccc2)NC(=O)c2cccs2)c(Cl)c1. The molecule has 0 saturated heterocycles. The maximum atomic E-state index is 12.8. The van der Waals surface area contributed by atoms with E-state index in [1.807, 2.05) is 43.3 Å². The largest absolute Gasteiger partial charge is 0.345 e. The molecular weight excluding hydrogens is 434 g/mol. The van der Waals surface area contributed by atoms with E-state index in [2.05, 4.69) is 16.0 Å². The molecule has 2 aromatic carbocycles. The summed E-state index contributed by atoms with van der Waals surface area (Å²) < 4.78 is 0. The van der Waals surface area contributed by atoms with Crippen molar-refractivity contribution in [3.63, 3.8) is 0 Å². The fourth-order valence-electron chi connectivity index (χ4n) is 2.90. The molecule has 6 nitrogen and oxygen atoms in total. The molecule has 1 aromatic heterocycles. The van der Waals surface area contributed by atoms with Gasteiger partial charge in [0.2, 0.25) is 11.8 Å². The van der Waals surface area contributed by atoms with Crippen molar-refractivity contribution in [2.24, 2.45) is 0 Å². The molecule has 3 rings (SSSR count). The average Bonchev–Trinajstić information content (AvgIpc) is 3.29. The molecule has 0 fully saturated rings. The molecule has 0 aliphatic carbocycles. The molecular formula is C23H22ClN3O3S. The lowest BCUT2D eigenvalue weighted by atomic mass is 10.1. The van der Waals surface area contributed by atoms with Crippen molar-refractivity contribution in [3.05, 3.63) is 87.1 Å². The van der Waals surface area contributed by atoms with Gasteiger partial charge in [-0.25, -0.2) is 0 Å². The molecule has 0 bridgehead atoms. The third kappa shape index (κ3) is 6.67. The molecule has 8 heteroatoms. The minimum absolute atomic E-state index is 0.247. The Hall–Kier alpha value is -3.16. The normalized spacial score (nSPS) is 11.4. The highest BCUT2D eigenvalue weighted by Crippen LogP contribution is 2.22. The van der Waals surface area contributed by atoms with Crippen LogP contribution in [-0.2, 0) is 16.0 Å².